The summed E-state index contributed by atoms with van der Waals surface area (Å²) in [5.41, 5.74) is 2.84. The molecule has 0 saturated heterocycles. The number of nitrogens with two attached hydrogens (primary N) is 1. The Kier molecular flexibility index (Phi) is 7.09. The van der Waals surface area contributed by atoms with E-state index in [2.05, 4.69) is 12.3 Å². The first-order valence-corrected chi connectivity index (χ1v) is 6.93. The van der Waals surface area contributed by atoms with Crippen LogP contribution in [0.15, 0.2) is 24.3 Å². The molecule has 0 bridgehead atoms. The second kappa shape index (κ2) is 8.35. The summed E-state index contributed by atoms with van der Waals surface area (Å²) in [6, 6.07) is 7.60. The molecule has 0 heterocycles. The lowest BCUT2D eigenvalue weighted by Gasteiger charge is -2.24. The second-order valence-corrected chi connectivity index (χ2v) is 4.99. The number of benzene rings is 1. The average Bonchev–Trinajstić information content (AvgIpc) is 2.34. The summed E-state index contributed by atoms with van der Waals surface area (Å²) >= 11 is 5.92. The summed E-state index contributed by atoms with van der Waals surface area (Å²) < 4.78 is 5.85. The van der Waals surface area contributed by atoms with Crippen LogP contribution in [0.25, 0.3) is 0 Å². The fraction of sp³-hybridized carbons (Fsp3) is 0.571. The van der Waals surface area contributed by atoms with Crippen LogP contribution in [0.5, 0.6) is 5.75 Å². The molecule has 0 fully saturated rings. The predicted octanol–water partition coefficient (Wildman–Crippen LogP) is 3.52. The van der Waals surface area contributed by atoms with E-state index in [1.54, 1.807) is 0 Å². The van der Waals surface area contributed by atoms with Gasteiger partial charge in [0, 0.05) is 5.02 Å². The largest absolute Gasteiger partial charge is 0.489 e. The fourth-order valence-corrected chi connectivity index (χ4v) is 2.09. The van der Waals surface area contributed by atoms with Gasteiger partial charge in [0.2, 0.25) is 0 Å². The van der Waals surface area contributed by atoms with Gasteiger partial charge in [0.1, 0.15) is 11.9 Å². The van der Waals surface area contributed by atoms with E-state index >= 15 is 0 Å². The first kappa shape index (κ1) is 15.3. The highest BCUT2D eigenvalue weighted by atomic mass is 35.5. The van der Waals surface area contributed by atoms with Crippen LogP contribution in [0.3, 0.4) is 0 Å². The van der Waals surface area contributed by atoms with Crippen LogP contribution in [-0.4, -0.2) is 12.1 Å². The van der Waals surface area contributed by atoms with E-state index in [-0.39, 0.29) is 12.1 Å². The van der Waals surface area contributed by atoms with E-state index in [9.17, 15) is 0 Å². The molecule has 1 aromatic carbocycles. The van der Waals surface area contributed by atoms with Crippen LogP contribution in [0.4, 0.5) is 0 Å². The van der Waals surface area contributed by atoms with Crippen molar-refractivity contribution >= 4 is 11.6 Å². The number of rotatable bonds is 8. The van der Waals surface area contributed by atoms with Gasteiger partial charge in [0.15, 0.2) is 0 Å². The molecule has 18 heavy (non-hydrogen) atoms. The lowest BCUT2D eigenvalue weighted by Crippen LogP contribution is -2.45. The number of nitrogens with one attached hydrogen (secondary N) is 1. The van der Waals surface area contributed by atoms with E-state index in [1.165, 1.54) is 12.8 Å². The van der Waals surface area contributed by atoms with Crippen LogP contribution in [0.1, 0.15) is 39.5 Å². The van der Waals surface area contributed by atoms with Gasteiger partial charge in [-0.15, -0.1) is 0 Å². The van der Waals surface area contributed by atoms with Crippen molar-refractivity contribution in [2.24, 2.45) is 5.84 Å². The molecule has 4 heteroatoms. The standard InChI is InChI=1S/C14H23ClN2O/c1-3-4-5-9-14(17-16)11(2)18-13-8-6-7-12(15)10-13/h6-8,10-11,14,17H,3-5,9,16H2,1-2H3. The third kappa shape index (κ3) is 5.25. The molecule has 0 saturated carbocycles. The van der Waals surface area contributed by atoms with Crippen molar-refractivity contribution in [1.29, 1.82) is 0 Å². The van der Waals surface area contributed by atoms with Crippen LogP contribution in [0.2, 0.25) is 5.02 Å². The van der Waals surface area contributed by atoms with E-state index in [1.807, 2.05) is 31.2 Å². The Balaban J connectivity index is 2.48. The highest BCUT2D eigenvalue weighted by Crippen LogP contribution is 2.20. The minimum absolute atomic E-state index is 0.0188. The molecule has 2 unspecified atom stereocenters. The van der Waals surface area contributed by atoms with Gasteiger partial charge >= 0.3 is 0 Å². The normalized spacial score (nSPS) is 14.2. The molecule has 102 valence electrons. The summed E-state index contributed by atoms with van der Waals surface area (Å²) in [7, 11) is 0. The van der Waals surface area contributed by atoms with Crippen molar-refractivity contribution < 1.29 is 4.74 Å². The average molecular weight is 271 g/mol. The van der Waals surface area contributed by atoms with Gasteiger partial charge in [0.25, 0.3) is 0 Å². The minimum atomic E-state index is 0.0188. The van der Waals surface area contributed by atoms with E-state index in [0.717, 1.165) is 18.6 Å². The SMILES string of the molecule is CCCCCC(NN)C(C)Oc1cccc(Cl)c1. The molecule has 2 atom stereocenters. The molecule has 0 aromatic heterocycles. The zero-order chi connectivity index (χ0) is 13.4. The van der Waals surface area contributed by atoms with Crippen molar-refractivity contribution in [2.45, 2.75) is 51.7 Å². The zero-order valence-electron chi connectivity index (χ0n) is 11.2. The Bertz CT molecular complexity index is 346. The van der Waals surface area contributed by atoms with Gasteiger partial charge in [-0.3, -0.25) is 11.3 Å². The van der Waals surface area contributed by atoms with Gasteiger partial charge in [-0.25, -0.2) is 0 Å². The van der Waals surface area contributed by atoms with Gasteiger partial charge in [-0.2, -0.15) is 0 Å². The Labute approximate surface area is 115 Å². The lowest BCUT2D eigenvalue weighted by atomic mass is 10.0. The topological polar surface area (TPSA) is 47.3 Å². The lowest BCUT2D eigenvalue weighted by molar-refractivity contribution is 0.163. The first-order valence-electron chi connectivity index (χ1n) is 6.55. The molecular formula is C14H23ClN2O. The maximum atomic E-state index is 5.92. The van der Waals surface area contributed by atoms with E-state index < -0.39 is 0 Å². The molecule has 0 aliphatic rings. The smallest absolute Gasteiger partial charge is 0.121 e. The number of unbranched alkanes of at least 4 members (excludes halogenated alkanes) is 2. The summed E-state index contributed by atoms with van der Waals surface area (Å²) in [5, 5.41) is 0.683. The molecule has 1 rings (SSSR count). The molecule has 1 aromatic rings. The Morgan fingerprint density at radius 3 is 2.78 bits per heavy atom. The Morgan fingerprint density at radius 1 is 1.39 bits per heavy atom. The van der Waals surface area contributed by atoms with Crippen LogP contribution in [0, 0.1) is 0 Å². The summed E-state index contributed by atoms with van der Waals surface area (Å²) in [4.78, 5) is 0. The van der Waals surface area contributed by atoms with Crippen LogP contribution < -0.4 is 16.0 Å². The van der Waals surface area contributed by atoms with E-state index in [4.69, 9.17) is 22.2 Å². The quantitative estimate of drug-likeness (QED) is 0.432. The summed E-state index contributed by atoms with van der Waals surface area (Å²) in [6.45, 7) is 4.22. The monoisotopic (exact) mass is 270 g/mol. The fourth-order valence-electron chi connectivity index (χ4n) is 1.90. The van der Waals surface area contributed by atoms with E-state index in [0.29, 0.717) is 5.02 Å². The van der Waals surface area contributed by atoms with Gasteiger partial charge < -0.3 is 4.74 Å². The van der Waals surface area contributed by atoms with Crippen molar-refractivity contribution in [3.8, 4) is 5.75 Å². The van der Waals surface area contributed by atoms with Gasteiger partial charge in [-0.1, -0.05) is 43.9 Å². The maximum Gasteiger partial charge on any atom is 0.121 e. The molecule has 0 radical (unpaired) electrons. The second-order valence-electron chi connectivity index (χ2n) is 4.55. The third-order valence-electron chi connectivity index (χ3n) is 3.02. The molecular weight excluding hydrogens is 248 g/mol. The van der Waals surface area contributed by atoms with Crippen molar-refractivity contribution in [2.75, 3.05) is 0 Å². The Morgan fingerprint density at radius 2 is 2.17 bits per heavy atom. The van der Waals surface area contributed by atoms with Crippen molar-refractivity contribution in [1.82, 2.24) is 5.43 Å². The maximum absolute atomic E-state index is 5.92. The summed E-state index contributed by atoms with van der Waals surface area (Å²) in [6.07, 6.45) is 4.63. The van der Waals surface area contributed by atoms with Gasteiger partial charge in [0.05, 0.1) is 6.04 Å². The third-order valence-corrected chi connectivity index (χ3v) is 3.25. The molecule has 3 nitrogen and oxygen atoms in total. The number of ether oxygens (including phenoxy) is 1. The van der Waals surface area contributed by atoms with Gasteiger partial charge in [-0.05, 0) is 31.5 Å². The Hall–Kier alpha value is -0.770. The van der Waals surface area contributed by atoms with Crippen molar-refractivity contribution in [3.63, 3.8) is 0 Å². The number of hydrazine groups is 1. The molecule has 3 N–H and O–H groups in total. The molecule has 0 spiro atoms. The minimum Gasteiger partial charge on any atom is -0.489 e. The first-order chi connectivity index (χ1) is 8.67. The molecule has 0 amide bonds. The van der Waals surface area contributed by atoms with Crippen molar-refractivity contribution in [3.05, 3.63) is 29.3 Å². The number of hydrogen-bond donors (Lipinski definition) is 2. The summed E-state index contributed by atoms with van der Waals surface area (Å²) in [5.74, 6) is 6.37. The zero-order valence-corrected chi connectivity index (χ0v) is 11.9. The molecule has 0 aliphatic heterocycles. The number of hydrogen-bond acceptors (Lipinski definition) is 3. The predicted molar refractivity (Wildman–Crippen MR) is 76.8 cm³/mol. The van der Waals surface area contributed by atoms with Crippen LogP contribution in [-0.2, 0) is 0 Å². The highest BCUT2D eigenvalue weighted by molar-refractivity contribution is 6.30. The molecule has 0 aliphatic carbocycles. The van der Waals surface area contributed by atoms with Crippen LogP contribution >= 0.6 is 11.6 Å². The number of halogens is 1. The highest BCUT2D eigenvalue weighted by Gasteiger charge is 2.17.